The first-order chi connectivity index (χ1) is 11.8. The highest BCUT2D eigenvalue weighted by Crippen LogP contribution is 2.45. The molecule has 138 valence electrons. The van der Waals surface area contributed by atoms with Crippen LogP contribution in [0.1, 0.15) is 48.6 Å². The molecule has 0 aromatic carbocycles. The van der Waals surface area contributed by atoms with Gasteiger partial charge in [-0.15, -0.1) is 0 Å². The third kappa shape index (κ3) is 3.45. The van der Waals surface area contributed by atoms with Crippen molar-refractivity contribution in [3.05, 3.63) is 23.2 Å². The van der Waals surface area contributed by atoms with Crippen molar-refractivity contribution in [2.24, 2.45) is 11.3 Å². The van der Waals surface area contributed by atoms with E-state index in [1.165, 1.54) is 0 Å². The van der Waals surface area contributed by atoms with Crippen molar-refractivity contribution in [1.29, 1.82) is 0 Å². The molecule has 1 unspecified atom stereocenters. The predicted octanol–water partition coefficient (Wildman–Crippen LogP) is 2.29. The lowest BCUT2D eigenvalue weighted by Crippen LogP contribution is -2.46. The van der Waals surface area contributed by atoms with Crippen LogP contribution < -0.4 is 5.32 Å². The Morgan fingerprint density at radius 1 is 1.28 bits per heavy atom. The first kappa shape index (κ1) is 18.0. The number of carbonyl (C=O) groups is 2. The number of hydrogen-bond donors (Lipinski definition) is 1. The maximum atomic E-state index is 13.0. The van der Waals surface area contributed by atoms with Gasteiger partial charge in [-0.2, -0.15) is 0 Å². The molecule has 6 nitrogen and oxygen atoms in total. The Labute approximate surface area is 148 Å². The highest BCUT2D eigenvalue weighted by atomic mass is 16.5. The SMILES string of the molecule is Cc1cc(C(=O)N2CC(C(=O)NC(C)C)C3(CCOCC3)C2)c(C)o1. The predicted molar refractivity (Wildman–Crippen MR) is 93.3 cm³/mol. The summed E-state index contributed by atoms with van der Waals surface area (Å²) < 4.78 is 11.0. The van der Waals surface area contributed by atoms with Crippen LogP contribution in [-0.4, -0.2) is 49.1 Å². The zero-order valence-electron chi connectivity index (χ0n) is 15.6. The molecule has 1 N–H and O–H groups in total. The monoisotopic (exact) mass is 348 g/mol. The van der Waals surface area contributed by atoms with Crippen LogP contribution in [0.4, 0.5) is 0 Å². The van der Waals surface area contributed by atoms with Crippen molar-refractivity contribution in [2.45, 2.75) is 46.6 Å². The van der Waals surface area contributed by atoms with E-state index in [4.69, 9.17) is 9.15 Å². The van der Waals surface area contributed by atoms with Gasteiger partial charge in [-0.05, 0) is 46.6 Å². The topological polar surface area (TPSA) is 71.8 Å². The quantitative estimate of drug-likeness (QED) is 0.910. The van der Waals surface area contributed by atoms with Crippen molar-refractivity contribution < 1.29 is 18.7 Å². The highest BCUT2D eigenvalue weighted by molar-refractivity contribution is 5.96. The molecule has 0 bridgehead atoms. The van der Waals surface area contributed by atoms with Gasteiger partial charge in [-0.3, -0.25) is 9.59 Å². The van der Waals surface area contributed by atoms with E-state index >= 15 is 0 Å². The van der Waals surface area contributed by atoms with Crippen LogP contribution >= 0.6 is 0 Å². The molecule has 0 aliphatic carbocycles. The van der Waals surface area contributed by atoms with E-state index in [9.17, 15) is 9.59 Å². The second kappa shape index (κ2) is 6.83. The molecule has 3 rings (SSSR count). The van der Waals surface area contributed by atoms with Crippen LogP contribution in [0.2, 0.25) is 0 Å². The molecule has 2 amide bonds. The van der Waals surface area contributed by atoms with Crippen molar-refractivity contribution in [3.8, 4) is 0 Å². The summed E-state index contributed by atoms with van der Waals surface area (Å²) in [5, 5.41) is 3.03. The zero-order chi connectivity index (χ0) is 18.2. The Hall–Kier alpha value is -1.82. The van der Waals surface area contributed by atoms with Crippen molar-refractivity contribution in [3.63, 3.8) is 0 Å². The number of nitrogens with zero attached hydrogens (tertiary/aromatic N) is 1. The van der Waals surface area contributed by atoms with E-state index in [1.807, 2.05) is 32.6 Å². The summed E-state index contributed by atoms with van der Waals surface area (Å²) >= 11 is 0. The molecule has 2 fully saturated rings. The summed E-state index contributed by atoms with van der Waals surface area (Å²) in [6.45, 7) is 9.94. The summed E-state index contributed by atoms with van der Waals surface area (Å²) in [4.78, 5) is 27.6. The van der Waals surface area contributed by atoms with Gasteiger partial charge in [0.2, 0.25) is 5.91 Å². The van der Waals surface area contributed by atoms with E-state index in [0.717, 1.165) is 18.6 Å². The molecular formula is C19H28N2O4. The summed E-state index contributed by atoms with van der Waals surface area (Å²) in [5.41, 5.74) is 0.421. The van der Waals surface area contributed by atoms with Gasteiger partial charge in [0, 0.05) is 37.8 Å². The Morgan fingerprint density at radius 3 is 2.52 bits per heavy atom. The van der Waals surface area contributed by atoms with E-state index < -0.39 is 0 Å². The zero-order valence-corrected chi connectivity index (χ0v) is 15.6. The normalized spacial score (nSPS) is 22.6. The average Bonchev–Trinajstić information content (AvgIpc) is 3.07. The van der Waals surface area contributed by atoms with Crippen molar-refractivity contribution >= 4 is 11.8 Å². The number of aryl methyl sites for hydroxylation is 2. The van der Waals surface area contributed by atoms with Crippen LogP contribution in [-0.2, 0) is 9.53 Å². The molecular weight excluding hydrogens is 320 g/mol. The number of furan rings is 1. The van der Waals surface area contributed by atoms with Crippen LogP contribution in [0.25, 0.3) is 0 Å². The second-order valence-corrected chi connectivity index (χ2v) is 7.70. The third-order valence-electron chi connectivity index (χ3n) is 5.44. The van der Waals surface area contributed by atoms with Crippen molar-refractivity contribution in [1.82, 2.24) is 10.2 Å². The first-order valence-corrected chi connectivity index (χ1v) is 9.07. The summed E-state index contributed by atoms with van der Waals surface area (Å²) in [5.74, 6) is 1.19. The number of nitrogens with one attached hydrogen (secondary N) is 1. The van der Waals surface area contributed by atoms with Gasteiger partial charge >= 0.3 is 0 Å². The first-order valence-electron chi connectivity index (χ1n) is 9.07. The lowest BCUT2D eigenvalue weighted by molar-refractivity contribution is -0.130. The van der Waals surface area contributed by atoms with Crippen LogP contribution in [0, 0.1) is 25.2 Å². The van der Waals surface area contributed by atoms with Crippen LogP contribution in [0.5, 0.6) is 0 Å². The molecule has 1 aromatic heterocycles. The molecule has 2 aliphatic rings. The Balaban J connectivity index is 1.84. The molecule has 0 radical (unpaired) electrons. The molecule has 2 aliphatic heterocycles. The van der Waals surface area contributed by atoms with E-state index in [0.29, 0.717) is 37.6 Å². The second-order valence-electron chi connectivity index (χ2n) is 7.70. The number of amides is 2. The summed E-state index contributed by atoms with van der Waals surface area (Å²) in [6, 6.07) is 1.88. The smallest absolute Gasteiger partial charge is 0.257 e. The minimum Gasteiger partial charge on any atom is -0.466 e. The van der Waals surface area contributed by atoms with E-state index in [1.54, 1.807) is 6.07 Å². The molecule has 25 heavy (non-hydrogen) atoms. The van der Waals surface area contributed by atoms with Gasteiger partial charge in [0.1, 0.15) is 11.5 Å². The maximum absolute atomic E-state index is 13.0. The Kier molecular flexibility index (Phi) is 4.91. The fraction of sp³-hybridized carbons (Fsp3) is 0.684. The average molecular weight is 348 g/mol. The number of carbonyl (C=O) groups excluding carboxylic acids is 2. The van der Waals surface area contributed by atoms with Gasteiger partial charge in [0.25, 0.3) is 5.91 Å². The van der Waals surface area contributed by atoms with Gasteiger partial charge in [0.05, 0.1) is 11.5 Å². The van der Waals surface area contributed by atoms with Crippen LogP contribution in [0.3, 0.4) is 0 Å². The van der Waals surface area contributed by atoms with Gasteiger partial charge in [-0.25, -0.2) is 0 Å². The van der Waals surface area contributed by atoms with Gasteiger partial charge in [0.15, 0.2) is 0 Å². The minimum absolute atomic E-state index is 0.0416. The molecule has 0 saturated carbocycles. The molecule has 2 saturated heterocycles. The number of rotatable bonds is 3. The third-order valence-corrected chi connectivity index (χ3v) is 5.44. The molecule has 1 aromatic rings. The maximum Gasteiger partial charge on any atom is 0.257 e. The Bertz CT molecular complexity index is 658. The standard InChI is InChI=1S/C19H28N2O4/c1-12(2)20-17(22)16-10-21(11-19(16)5-7-24-8-6-19)18(23)15-9-13(3)25-14(15)4/h9,12,16H,5-8,10-11H2,1-4H3,(H,20,22). The van der Waals surface area contributed by atoms with Crippen molar-refractivity contribution in [2.75, 3.05) is 26.3 Å². The largest absolute Gasteiger partial charge is 0.466 e. The number of ether oxygens (including phenoxy) is 1. The Morgan fingerprint density at radius 2 is 1.96 bits per heavy atom. The molecule has 1 atom stereocenters. The summed E-state index contributed by atoms with van der Waals surface area (Å²) in [6.07, 6.45) is 1.63. The highest BCUT2D eigenvalue weighted by Gasteiger charge is 2.52. The summed E-state index contributed by atoms with van der Waals surface area (Å²) in [7, 11) is 0. The van der Waals surface area contributed by atoms with Gasteiger partial charge < -0.3 is 19.4 Å². The van der Waals surface area contributed by atoms with E-state index in [2.05, 4.69) is 5.32 Å². The molecule has 1 spiro atoms. The van der Waals surface area contributed by atoms with E-state index in [-0.39, 0.29) is 29.2 Å². The molecule has 3 heterocycles. The lowest BCUT2D eigenvalue weighted by Gasteiger charge is -2.37. The van der Waals surface area contributed by atoms with Crippen LogP contribution in [0.15, 0.2) is 10.5 Å². The fourth-order valence-electron chi connectivity index (χ4n) is 4.17. The lowest BCUT2D eigenvalue weighted by atomic mass is 9.71. The molecule has 6 heteroatoms. The number of likely N-dealkylation sites (tertiary alicyclic amines) is 1. The fourth-order valence-corrected chi connectivity index (χ4v) is 4.17. The minimum atomic E-state index is -0.184. The van der Waals surface area contributed by atoms with Gasteiger partial charge in [-0.1, -0.05) is 0 Å². The number of hydrogen-bond acceptors (Lipinski definition) is 4.